The lowest BCUT2D eigenvalue weighted by atomic mass is 10.1. The lowest BCUT2D eigenvalue weighted by Gasteiger charge is -2.35. The molecular weight excluding hydrogens is 210 g/mol. The van der Waals surface area contributed by atoms with Crippen LogP contribution in [-0.2, 0) is 14.5 Å². The number of carbonyl (C=O) groups is 1. The van der Waals surface area contributed by atoms with Crippen molar-refractivity contribution in [2.45, 2.75) is 26.3 Å². The molecule has 1 amide bonds. The summed E-state index contributed by atoms with van der Waals surface area (Å²) in [6.07, 6.45) is -1.39. The highest BCUT2D eigenvalue weighted by Crippen LogP contribution is 2.34. The maximum Gasteiger partial charge on any atom is 0.531 e. The summed E-state index contributed by atoms with van der Waals surface area (Å²) in [4.78, 5) is 11.1. The SMILES string of the molecule is CC(C)(C)[N+]1(C(=O)O)CCOS1(=O)=O. The van der Waals surface area contributed by atoms with Crippen LogP contribution in [0, 0.1) is 0 Å². The second-order valence-corrected chi connectivity index (χ2v) is 5.88. The highest BCUT2D eigenvalue weighted by molar-refractivity contribution is 7.81. The van der Waals surface area contributed by atoms with E-state index in [9.17, 15) is 13.2 Å². The van der Waals surface area contributed by atoms with Crippen LogP contribution < -0.4 is 0 Å². The van der Waals surface area contributed by atoms with E-state index in [2.05, 4.69) is 4.18 Å². The van der Waals surface area contributed by atoms with Crippen molar-refractivity contribution in [1.29, 1.82) is 0 Å². The predicted octanol–water partition coefficient (Wildman–Crippen LogP) is 0.555. The van der Waals surface area contributed by atoms with Crippen molar-refractivity contribution < 1.29 is 26.4 Å². The van der Waals surface area contributed by atoms with Gasteiger partial charge in [-0.2, -0.15) is 4.79 Å². The molecule has 14 heavy (non-hydrogen) atoms. The van der Waals surface area contributed by atoms with Crippen molar-refractivity contribution in [3.8, 4) is 0 Å². The zero-order valence-corrected chi connectivity index (χ0v) is 9.17. The number of amides is 1. The number of hydrogen-bond acceptors (Lipinski definition) is 4. The topological polar surface area (TPSA) is 80.7 Å². The Balaban J connectivity index is 3.41. The summed E-state index contributed by atoms with van der Waals surface area (Å²) in [6, 6.07) is 0. The van der Waals surface area contributed by atoms with E-state index in [0.717, 1.165) is 0 Å². The zero-order valence-electron chi connectivity index (χ0n) is 8.35. The minimum Gasteiger partial charge on any atom is -0.434 e. The van der Waals surface area contributed by atoms with Crippen molar-refractivity contribution in [3.63, 3.8) is 0 Å². The average molecular weight is 224 g/mol. The molecule has 1 fully saturated rings. The maximum absolute atomic E-state index is 11.5. The molecule has 0 aromatic carbocycles. The van der Waals surface area contributed by atoms with Gasteiger partial charge in [-0.25, -0.2) is 4.18 Å². The third-order valence-corrected chi connectivity index (χ3v) is 4.53. The van der Waals surface area contributed by atoms with Crippen LogP contribution in [0.15, 0.2) is 0 Å². The van der Waals surface area contributed by atoms with Gasteiger partial charge >= 0.3 is 16.4 Å². The van der Waals surface area contributed by atoms with Crippen LogP contribution in [0.25, 0.3) is 0 Å². The first-order chi connectivity index (χ1) is 6.15. The van der Waals surface area contributed by atoms with Crippen LogP contribution in [0.1, 0.15) is 20.8 Å². The van der Waals surface area contributed by atoms with Crippen LogP contribution in [-0.4, -0.2) is 42.2 Å². The molecule has 1 aliphatic heterocycles. The van der Waals surface area contributed by atoms with Gasteiger partial charge in [0, 0.05) is 0 Å². The van der Waals surface area contributed by atoms with Crippen LogP contribution >= 0.6 is 0 Å². The monoisotopic (exact) mass is 224 g/mol. The molecule has 0 saturated carbocycles. The van der Waals surface area contributed by atoms with Gasteiger partial charge in [-0.3, -0.25) is 0 Å². The van der Waals surface area contributed by atoms with Gasteiger partial charge < -0.3 is 5.11 Å². The molecule has 6 nitrogen and oxygen atoms in total. The van der Waals surface area contributed by atoms with Gasteiger partial charge in [0.25, 0.3) is 0 Å². The largest absolute Gasteiger partial charge is 0.531 e. The molecule has 1 unspecified atom stereocenters. The summed E-state index contributed by atoms with van der Waals surface area (Å²) in [6.45, 7) is 4.56. The molecule has 82 valence electrons. The van der Waals surface area contributed by atoms with Crippen LogP contribution in [0.2, 0.25) is 0 Å². The molecule has 7 heteroatoms. The Morgan fingerprint density at radius 2 is 1.93 bits per heavy atom. The highest BCUT2D eigenvalue weighted by Gasteiger charge is 2.63. The summed E-state index contributed by atoms with van der Waals surface area (Å²) >= 11 is 0. The molecule has 1 saturated heterocycles. The van der Waals surface area contributed by atoms with Crippen molar-refractivity contribution in [2.75, 3.05) is 13.2 Å². The Morgan fingerprint density at radius 3 is 2.07 bits per heavy atom. The lowest BCUT2D eigenvalue weighted by molar-refractivity contribution is -0.777. The van der Waals surface area contributed by atoms with E-state index in [1.165, 1.54) is 0 Å². The number of nitrogens with zero attached hydrogens (tertiary/aromatic N) is 1. The first kappa shape index (κ1) is 11.4. The summed E-state index contributed by atoms with van der Waals surface area (Å²) < 4.78 is 26.5. The van der Waals surface area contributed by atoms with Crippen molar-refractivity contribution in [2.24, 2.45) is 0 Å². The molecule has 0 bridgehead atoms. The van der Waals surface area contributed by atoms with Gasteiger partial charge in [0.1, 0.15) is 18.7 Å². The Kier molecular flexibility index (Phi) is 2.38. The van der Waals surface area contributed by atoms with Gasteiger partial charge in [0.2, 0.25) is 0 Å². The van der Waals surface area contributed by atoms with Crippen LogP contribution in [0.3, 0.4) is 0 Å². The minimum absolute atomic E-state index is 0.0544. The van der Waals surface area contributed by atoms with E-state index < -0.39 is 25.8 Å². The fourth-order valence-corrected chi connectivity index (χ4v) is 3.25. The first-order valence-electron chi connectivity index (χ1n) is 4.16. The lowest BCUT2D eigenvalue weighted by Crippen LogP contribution is -2.63. The zero-order chi connectivity index (χ0) is 11.2. The van der Waals surface area contributed by atoms with Crippen molar-refractivity contribution >= 4 is 16.4 Å². The maximum atomic E-state index is 11.5. The standard InChI is InChI=1S/C7H13NO5S/c1-7(2,3)8(6(9)10)4-5-13-14(8,11)12/h4-5H2,1-3H3/p+1. The van der Waals surface area contributed by atoms with Crippen molar-refractivity contribution in [1.82, 2.24) is 0 Å². The molecule has 1 aliphatic rings. The van der Waals surface area contributed by atoms with E-state index in [1.807, 2.05) is 0 Å². The fourth-order valence-electron chi connectivity index (χ4n) is 1.62. The number of carboxylic acid groups (broad SMARTS) is 1. The fraction of sp³-hybridized carbons (Fsp3) is 0.857. The predicted molar refractivity (Wildman–Crippen MR) is 47.8 cm³/mol. The van der Waals surface area contributed by atoms with E-state index in [1.54, 1.807) is 20.8 Å². The van der Waals surface area contributed by atoms with E-state index >= 15 is 0 Å². The molecule has 1 rings (SSSR count). The second kappa shape index (κ2) is 2.91. The van der Waals surface area contributed by atoms with Gasteiger partial charge in [-0.05, 0) is 20.8 Å². The van der Waals surface area contributed by atoms with E-state index in [4.69, 9.17) is 5.11 Å². The van der Waals surface area contributed by atoms with Crippen molar-refractivity contribution in [3.05, 3.63) is 0 Å². The molecule has 0 spiro atoms. The molecule has 1 N–H and O–H groups in total. The normalized spacial score (nSPS) is 31.6. The molecular formula is C7H14NO5S+. The Labute approximate surface area is 82.9 Å². The summed E-state index contributed by atoms with van der Waals surface area (Å²) in [5.41, 5.74) is -0.943. The quantitative estimate of drug-likeness (QED) is 0.608. The second-order valence-electron chi connectivity index (χ2n) is 4.17. The third kappa shape index (κ3) is 1.23. The Hall–Kier alpha value is -0.660. The Morgan fingerprint density at radius 1 is 1.43 bits per heavy atom. The highest BCUT2D eigenvalue weighted by atomic mass is 32.2. The van der Waals surface area contributed by atoms with Crippen LogP contribution in [0.4, 0.5) is 4.79 Å². The Bertz CT molecular complexity index is 355. The van der Waals surface area contributed by atoms with Gasteiger partial charge in [-0.1, -0.05) is 3.89 Å². The number of quaternary nitrogens is 1. The van der Waals surface area contributed by atoms with Crippen LogP contribution in [0.5, 0.6) is 0 Å². The molecule has 0 aliphatic carbocycles. The number of rotatable bonds is 0. The van der Waals surface area contributed by atoms with Gasteiger partial charge in [-0.15, -0.1) is 8.42 Å². The smallest absolute Gasteiger partial charge is 0.434 e. The minimum atomic E-state index is -4.07. The molecule has 0 aromatic heterocycles. The summed E-state index contributed by atoms with van der Waals surface area (Å²) in [5.74, 6) is 0. The van der Waals surface area contributed by atoms with Gasteiger partial charge in [0.05, 0.1) is 0 Å². The van der Waals surface area contributed by atoms with E-state index in [0.29, 0.717) is 0 Å². The average Bonchev–Trinajstić information content (AvgIpc) is 2.23. The molecule has 1 atom stereocenters. The molecule has 1 heterocycles. The molecule has 0 aromatic rings. The number of hydrogen-bond donors (Lipinski definition) is 1. The third-order valence-electron chi connectivity index (χ3n) is 2.41. The molecule has 0 radical (unpaired) electrons. The summed E-state index contributed by atoms with van der Waals surface area (Å²) in [5, 5.41) is 9.05. The van der Waals surface area contributed by atoms with Gasteiger partial charge in [0.15, 0.2) is 0 Å². The first-order valence-corrected chi connectivity index (χ1v) is 5.53. The summed E-state index contributed by atoms with van der Waals surface area (Å²) in [7, 11) is -4.07. The van der Waals surface area contributed by atoms with E-state index in [-0.39, 0.29) is 13.2 Å².